The zero-order valence-electron chi connectivity index (χ0n) is 17.3. The number of hydrogen-bond donors (Lipinski definition) is 1. The SMILES string of the molecule is CCOC(=O)C(C)(NC(=O)[C@H](OC(C)=O)[C@@H](C)[C@@H](C)OC(C)=O)C(=O)OCC. The summed E-state index contributed by atoms with van der Waals surface area (Å²) >= 11 is 0. The van der Waals surface area contributed by atoms with E-state index in [-0.39, 0.29) is 13.2 Å². The fourth-order valence-corrected chi connectivity index (χ4v) is 2.25. The van der Waals surface area contributed by atoms with Gasteiger partial charge in [-0.3, -0.25) is 14.4 Å². The molecule has 0 spiro atoms. The molecule has 0 rings (SSSR count). The molecule has 0 aliphatic heterocycles. The van der Waals surface area contributed by atoms with Gasteiger partial charge in [0.2, 0.25) is 5.54 Å². The molecule has 0 saturated heterocycles. The Kier molecular flexibility index (Phi) is 10.2. The summed E-state index contributed by atoms with van der Waals surface area (Å²) in [5.41, 5.74) is -2.15. The lowest BCUT2D eigenvalue weighted by atomic mass is 9.95. The molecule has 0 unspecified atom stereocenters. The molecule has 0 heterocycles. The van der Waals surface area contributed by atoms with E-state index in [0.717, 1.165) is 13.8 Å². The first-order chi connectivity index (χ1) is 12.9. The van der Waals surface area contributed by atoms with Crippen molar-refractivity contribution in [3.05, 3.63) is 0 Å². The highest BCUT2D eigenvalue weighted by Crippen LogP contribution is 2.19. The van der Waals surface area contributed by atoms with Crippen LogP contribution in [0.2, 0.25) is 0 Å². The first-order valence-corrected chi connectivity index (χ1v) is 8.91. The van der Waals surface area contributed by atoms with Gasteiger partial charge in [-0.2, -0.15) is 0 Å². The smallest absolute Gasteiger partial charge is 0.343 e. The lowest BCUT2D eigenvalue weighted by Gasteiger charge is -2.31. The molecule has 1 N–H and O–H groups in total. The fourth-order valence-electron chi connectivity index (χ4n) is 2.25. The third-order valence-corrected chi connectivity index (χ3v) is 3.86. The van der Waals surface area contributed by atoms with Gasteiger partial charge < -0.3 is 24.3 Å². The Morgan fingerprint density at radius 3 is 1.64 bits per heavy atom. The van der Waals surface area contributed by atoms with Gasteiger partial charge in [0.1, 0.15) is 6.10 Å². The summed E-state index contributed by atoms with van der Waals surface area (Å²) in [6.07, 6.45) is -2.22. The van der Waals surface area contributed by atoms with E-state index in [1.165, 1.54) is 34.6 Å². The van der Waals surface area contributed by atoms with Crippen molar-refractivity contribution >= 4 is 29.8 Å². The predicted molar refractivity (Wildman–Crippen MR) is 95.8 cm³/mol. The molecule has 28 heavy (non-hydrogen) atoms. The van der Waals surface area contributed by atoms with Crippen LogP contribution in [-0.4, -0.2) is 60.7 Å². The molecule has 0 saturated carbocycles. The van der Waals surface area contributed by atoms with Crippen LogP contribution in [0.25, 0.3) is 0 Å². The lowest BCUT2D eigenvalue weighted by molar-refractivity contribution is -0.171. The first kappa shape index (κ1) is 25.4. The van der Waals surface area contributed by atoms with E-state index in [9.17, 15) is 24.0 Å². The van der Waals surface area contributed by atoms with E-state index in [4.69, 9.17) is 18.9 Å². The molecular weight excluding hydrogens is 374 g/mol. The Hall–Kier alpha value is -2.65. The minimum atomic E-state index is -2.15. The molecule has 0 radical (unpaired) electrons. The van der Waals surface area contributed by atoms with E-state index < -0.39 is 53.4 Å². The summed E-state index contributed by atoms with van der Waals surface area (Å²) < 4.78 is 19.8. The largest absolute Gasteiger partial charge is 0.464 e. The molecule has 0 bridgehead atoms. The average Bonchev–Trinajstić information content (AvgIpc) is 2.58. The molecule has 3 atom stereocenters. The zero-order valence-corrected chi connectivity index (χ0v) is 17.3. The highest BCUT2D eigenvalue weighted by atomic mass is 16.6. The standard InChI is InChI=1S/C18H29NO9/c1-8-25-16(23)18(7,17(24)26-9-2)19-15(22)14(28-13(6)21)10(3)11(4)27-12(5)20/h10-11,14H,8-9H2,1-7H3,(H,19,22)/t10-,11+,14+/m0/s1. The number of esters is 4. The van der Waals surface area contributed by atoms with Crippen LogP contribution in [0, 0.1) is 5.92 Å². The minimum absolute atomic E-state index is 0.0308. The van der Waals surface area contributed by atoms with Crippen molar-refractivity contribution in [2.45, 2.75) is 66.2 Å². The summed E-state index contributed by atoms with van der Waals surface area (Å²) in [4.78, 5) is 60.0. The Labute approximate surface area is 164 Å². The second-order valence-corrected chi connectivity index (χ2v) is 6.26. The van der Waals surface area contributed by atoms with Gasteiger partial charge in [0.05, 0.1) is 13.2 Å². The Morgan fingerprint density at radius 2 is 1.29 bits per heavy atom. The Bertz CT molecular complexity index is 584. The van der Waals surface area contributed by atoms with Gasteiger partial charge in [-0.1, -0.05) is 6.92 Å². The van der Waals surface area contributed by atoms with E-state index in [2.05, 4.69) is 5.32 Å². The van der Waals surface area contributed by atoms with Gasteiger partial charge in [0.15, 0.2) is 6.10 Å². The molecule has 10 heteroatoms. The van der Waals surface area contributed by atoms with Crippen LogP contribution < -0.4 is 5.32 Å². The molecule has 0 fully saturated rings. The topological polar surface area (TPSA) is 134 Å². The molecule has 0 aliphatic carbocycles. The summed E-state index contributed by atoms with van der Waals surface area (Å²) in [6.45, 7) is 9.48. The second-order valence-electron chi connectivity index (χ2n) is 6.26. The predicted octanol–water partition coefficient (Wildman–Crippen LogP) is 0.507. The molecule has 0 aromatic rings. The van der Waals surface area contributed by atoms with Crippen LogP contribution >= 0.6 is 0 Å². The molecule has 160 valence electrons. The molecule has 0 aromatic heterocycles. The van der Waals surface area contributed by atoms with Crippen LogP contribution in [0.4, 0.5) is 0 Å². The van der Waals surface area contributed by atoms with Crippen LogP contribution in [0.5, 0.6) is 0 Å². The zero-order chi connectivity index (χ0) is 22.1. The first-order valence-electron chi connectivity index (χ1n) is 8.91. The van der Waals surface area contributed by atoms with Gasteiger partial charge in [-0.05, 0) is 27.7 Å². The maximum absolute atomic E-state index is 12.8. The van der Waals surface area contributed by atoms with Crippen molar-refractivity contribution in [2.24, 2.45) is 5.92 Å². The van der Waals surface area contributed by atoms with Crippen molar-refractivity contribution in [2.75, 3.05) is 13.2 Å². The fraction of sp³-hybridized carbons (Fsp3) is 0.722. The summed E-state index contributed by atoms with van der Waals surface area (Å²) in [6, 6.07) is 0. The maximum atomic E-state index is 12.8. The maximum Gasteiger partial charge on any atom is 0.343 e. The molecule has 1 amide bonds. The minimum Gasteiger partial charge on any atom is -0.464 e. The van der Waals surface area contributed by atoms with Crippen molar-refractivity contribution < 1.29 is 42.9 Å². The number of amides is 1. The molecule has 0 aliphatic rings. The number of carbonyl (C=O) groups excluding carboxylic acids is 5. The van der Waals surface area contributed by atoms with Crippen LogP contribution in [0.15, 0.2) is 0 Å². The summed E-state index contributed by atoms with van der Waals surface area (Å²) in [7, 11) is 0. The molecule has 10 nitrogen and oxygen atoms in total. The van der Waals surface area contributed by atoms with Gasteiger partial charge in [-0.15, -0.1) is 0 Å². The van der Waals surface area contributed by atoms with Gasteiger partial charge in [0, 0.05) is 19.8 Å². The highest BCUT2D eigenvalue weighted by molar-refractivity contribution is 6.07. The Morgan fingerprint density at radius 1 is 0.857 bits per heavy atom. The van der Waals surface area contributed by atoms with Crippen molar-refractivity contribution in [1.29, 1.82) is 0 Å². The third-order valence-electron chi connectivity index (χ3n) is 3.86. The number of ether oxygens (including phenoxy) is 4. The highest BCUT2D eigenvalue weighted by Gasteiger charge is 2.48. The van der Waals surface area contributed by atoms with Gasteiger partial charge in [-0.25, -0.2) is 9.59 Å². The normalized spacial score (nSPS) is 14.1. The second kappa shape index (κ2) is 11.3. The van der Waals surface area contributed by atoms with E-state index in [1.807, 2.05) is 0 Å². The summed E-state index contributed by atoms with van der Waals surface area (Å²) in [5, 5.41) is 2.25. The van der Waals surface area contributed by atoms with Crippen molar-refractivity contribution in [3.8, 4) is 0 Å². The molecule has 0 aromatic carbocycles. The number of nitrogens with one attached hydrogen (secondary N) is 1. The monoisotopic (exact) mass is 403 g/mol. The van der Waals surface area contributed by atoms with E-state index >= 15 is 0 Å². The van der Waals surface area contributed by atoms with Gasteiger partial charge >= 0.3 is 23.9 Å². The lowest BCUT2D eigenvalue weighted by Crippen LogP contribution is -2.62. The number of hydrogen-bond acceptors (Lipinski definition) is 9. The average molecular weight is 403 g/mol. The number of rotatable bonds is 10. The van der Waals surface area contributed by atoms with Crippen LogP contribution in [-0.2, 0) is 42.9 Å². The van der Waals surface area contributed by atoms with Gasteiger partial charge in [0.25, 0.3) is 5.91 Å². The van der Waals surface area contributed by atoms with Crippen molar-refractivity contribution in [1.82, 2.24) is 5.32 Å². The van der Waals surface area contributed by atoms with E-state index in [1.54, 1.807) is 0 Å². The third kappa shape index (κ3) is 7.16. The molecular formula is C18H29NO9. The quantitative estimate of drug-likeness (QED) is 0.314. The Balaban J connectivity index is 5.74. The summed E-state index contributed by atoms with van der Waals surface area (Å²) in [5.74, 6) is -5.11. The van der Waals surface area contributed by atoms with Crippen molar-refractivity contribution in [3.63, 3.8) is 0 Å². The van der Waals surface area contributed by atoms with Crippen LogP contribution in [0.1, 0.15) is 48.5 Å². The number of carbonyl (C=O) groups is 5. The van der Waals surface area contributed by atoms with Crippen LogP contribution in [0.3, 0.4) is 0 Å². The van der Waals surface area contributed by atoms with E-state index in [0.29, 0.717) is 0 Å².